The Hall–Kier alpha value is -1.26. The molecule has 1 atom stereocenters. The van der Waals surface area contributed by atoms with Gasteiger partial charge in [0.2, 0.25) is 0 Å². The number of benzene rings is 1. The molecule has 0 saturated carbocycles. The van der Waals surface area contributed by atoms with Crippen molar-refractivity contribution >= 4 is 23.2 Å². The zero-order valence-corrected chi connectivity index (χ0v) is 10.4. The molecule has 1 heterocycles. The first-order valence-corrected chi connectivity index (χ1v) is 5.84. The van der Waals surface area contributed by atoms with E-state index < -0.39 is 0 Å². The lowest BCUT2D eigenvalue weighted by molar-refractivity contribution is 0.0891. The lowest BCUT2D eigenvalue weighted by Crippen LogP contribution is -2.46. The highest BCUT2D eigenvalue weighted by molar-refractivity contribution is 6.34. The van der Waals surface area contributed by atoms with Gasteiger partial charge in [-0.25, -0.2) is 0 Å². The second-order valence-electron chi connectivity index (χ2n) is 4.52. The Labute approximate surface area is 105 Å². The summed E-state index contributed by atoms with van der Waals surface area (Å²) in [5.74, 6) is -0.249. The van der Waals surface area contributed by atoms with E-state index in [2.05, 4.69) is 5.32 Å². The van der Waals surface area contributed by atoms with Crippen molar-refractivity contribution in [1.82, 2.24) is 5.32 Å². The van der Waals surface area contributed by atoms with Crippen molar-refractivity contribution in [1.29, 1.82) is 0 Å². The van der Waals surface area contributed by atoms with E-state index in [0.717, 1.165) is 6.42 Å². The van der Waals surface area contributed by atoms with Crippen LogP contribution in [0.25, 0.3) is 0 Å². The maximum absolute atomic E-state index is 12.1. The molecule has 1 aromatic rings. The summed E-state index contributed by atoms with van der Waals surface area (Å²) in [7, 11) is 0. The van der Waals surface area contributed by atoms with Crippen LogP contribution in [0, 0.1) is 0 Å². The highest BCUT2D eigenvalue weighted by Gasteiger charge is 2.32. The number of hydrogen-bond acceptors (Lipinski definition) is 3. The summed E-state index contributed by atoms with van der Waals surface area (Å²) in [5, 5.41) is 3.29. The molecule has 1 fully saturated rings. The van der Waals surface area contributed by atoms with E-state index in [0.29, 0.717) is 29.5 Å². The first-order valence-electron chi connectivity index (χ1n) is 5.46. The van der Waals surface area contributed by atoms with Crippen LogP contribution >= 0.6 is 11.6 Å². The first kappa shape index (κ1) is 12.2. The van der Waals surface area contributed by atoms with Gasteiger partial charge in [0.1, 0.15) is 0 Å². The number of anilines is 1. The maximum Gasteiger partial charge on any atom is 0.255 e. The van der Waals surface area contributed by atoms with Crippen molar-refractivity contribution in [2.45, 2.75) is 18.9 Å². The molecule has 1 aromatic carbocycles. The minimum atomic E-state index is -0.331. The van der Waals surface area contributed by atoms with Crippen molar-refractivity contribution < 1.29 is 9.53 Å². The van der Waals surface area contributed by atoms with E-state index in [1.807, 2.05) is 6.92 Å². The number of hydrogen-bond donors (Lipinski definition) is 2. The van der Waals surface area contributed by atoms with Gasteiger partial charge in [0.15, 0.2) is 0 Å². The summed E-state index contributed by atoms with van der Waals surface area (Å²) < 4.78 is 5.28. The number of ether oxygens (including phenoxy) is 1. The fourth-order valence-corrected chi connectivity index (χ4v) is 2.15. The van der Waals surface area contributed by atoms with Gasteiger partial charge in [-0.15, -0.1) is 0 Å². The van der Waals surface area contributed by atoms with Gasteiger partial charge in [-0.1, -0.05) is 17.7 Å². The van der Waals surface area contributed by atoms with E-state index in [1.165, 1.54) is 0 Å². The normalized spacial score (nSPS) is 23.6. The molecule has 0 spiro atoms. The summed E-state index contributed by atoms with van der Waals surface area (Å²) in [4.78, 5) is 12.1. The lowest BCUT2D eigenvalue weighted by atomic mass is 10.0. The van der Waals surface area contributed by atoms with E-state index in [1.54, 1.807) is 18.2 Å². The number of carbonyl (C=O) groups is 1. The Kier molecular flexibility index (Phi) is 3.26. The van der Waals surface area contributed by atoms with Gasteiger partial charge in [-0.05, 0) is 25.5 Å². The molecule has 5 heteroatoms. The Bertz CT molecular complexity index is 422. The van der Waals surface area contributed by atoms with Crippen LogP contribution in [0.4, 0.5) is 5.69 Å². The van der Waals surface area contributed by atoms with Gasteiger partial charge in [-0.2, -0.15) is 0 Å². The minimum Gasteiger partial charge on any atom is -0.398 e. The van der Waals surface area contributed by atoms with Crippen LogP contribution in [0.15, 0.2) is 18.2 Å². The number of rotatable bonds is 2. The van der Waals surface area contributed by atoms with Crippen LogP contribution < -0.4 is 11.1 Å². The smallest absolute Gasteiger partial charge is 0.255 e. The quantitative estimate of drug-likeness (QED) is 0.792. The van der Waals surface area contributed by atoms with Gasteiger partial charge in [0, 0.05) is 12.3 Å². The summed E-state index contributed by atoms with van der Waals surface area (Å²) in [6, 6.07) is 5.03. The molecule has 1 aliphatic heterocycles. The Balaban J connectivity index is 2.20. The largest absolute Gasteiger partial charge is 0.398 e. The van der Waals surface area contributed by atoms with Crippen LogP contribution in [-0.2, 0) is 4.74 Å². The molecule has 0 aromatic heterocycles. The van der Waals surface area contributed by atoms with Gasteiger partial charge >= 0.3 is 0 Å². The molecule has 1 unspecified atom stereocenters. The second kappa shape index (κ2) is 4.55. The highest BCUT2D eigenvalue weighted by Crippen LogP contribution is 2.24. The Morgan fingerprint density at radius 1 is 1.59 bits per heavy atom. The van der Waals surface area contributed by atoms with Gasteiger partial charge in [0.05, 0.1) is 22.7 Å². The molecule has 1 amide bonds. The Morgan fingerprint density at radius 3 is 2.94 bits per heavy atom. The summed E-state index contributed by atoms with van der Waals surface area (Å²) in [6.45, 7) is 3.13. The molecule has 1 saturated heterocycles. The third-order valence-electron chi connectivity index (χ3n) is 2.91. The molecule has 1 aliphatic rings. The van der Waals surface area contributed by atoms with Crippen molar-refractivity contribution in [3.63, 3.8) is 0 Å². The van der Waals surface area contributed by atoms with Crippen molar-refractivity contribution in [2.75, 3.05) is 18.9 Å². The number of nitrogens with two attached hydrogens (primary N) is 1. The number of carbonyl (C=O) groups excluding carboxylic acids is 1. The summed E-state index contributed by atoms with van der Waals surface area (Å²) in [5.41, 5.74) is 6.15. The first-order chi connectivity index (χ1) is 8.02. The molecular formula is C12H15ClN2O2. The van der Waals surface area contributed by atoms with Crippen molar-refractivity contribution in [3.05, 3.63) is 28.8 Å². The number of nitrogen functional groups attached to an aromatic ring is 1. The predicted molar refractivity (Wildman–Crippen MR) is 67.2 cm³/mol. The van der Waals surface area contributed by atoms with Gasteiger partial charge < -0.3 is 15.8 Å². The monoisotopic (exact) mass is 254 g/mol. The van der Waals surface area contributed by atoms with Crippen LogP contribution in [-0.4, -0.2) is 24.7 Å². The zero-order valence-electron chi connectivity index (χ0n) is 9.63. The SMILES string of the molecule is CC1(NC(=O)c2c(N)cccc2Cl)CCOC1. The average Bonchev–Trinajstić information content (AvgIpc) is 2.64. The average molecular weight is 255 g/mol. The third-order valence-corrected chi connectivity index (χ3v) is 3.22. The molecule has 2 rings (SSSR count). The molecule has 0 aliphatic carbocycles. The van der Waals surface area contributed by atoms with Gasteiger partial charge in [-0.3, -0.25) is 4.79 Å². The van der Waals surface area contributed by atoms with Gasteiger partial charge in [0.25, 0.3) is 5.91 Å². The summed E-state index contributed by atoms with van der Waals surface area (Å²) in [6.07, 6.45) is 0.795. The van der Waals surface area contributed by atoms with Crippen LogP contribution in [0.2, 0.25) is 5.02 Å². The van der Waals surface area contributed by atoms with E-state index in [9.17, 15) is 4.79 Å². The van der Waals surface area contributed by atoms with Crippen molar-refractivity contribution in [3.8, 4) is 0 Å². The molecule has 0 bridgehead atoms. The molecule has 17 heavy (non-hydrogen) atoms. The van der Waals surface area contributed by atoms with E-state index in [4.69, 9.17) is 22.1 Å². The standard InChI is InChI=1S/C12H15ClN2O2/c1-12(5-6-17-7-12)15-11(16)10-8(13)3-2-4-9(10)14/h2-4H,5-7,14H2,1H3,(H,15,16). The van der Waals surface area contributed by atoms with E-state index >= 15 is 0 Å². The Morgan fingerprint density at radius 2 is 2.35 bits per heavy atom. The fourth-order valence-electron chi connectivity index (χ4n) is 1.88. The van der Waals surface area contributed by atoms with Crippen LogP contribution in [0.5, 0.6) is 0 Å². The maximum atomic E-state index is 12.1. The van der Waals surface area contributed by atoms with Crippen LogP contribution in [0.1, 0.15) is 23.7 Å². The number of nitrogens with one attached hydrogen (secondary N) is 1. The molecule has 4 nitrogen and oxygen atoms in total. The summed E-state index contributed by atoms with van der Waals surface area (Å²) >= 11 is 5.98. The second-order valence-corrected chi connectivity index (χ2v) is 4.93. The molecule has 92 valence electrons. The van der Waals surface area contributed by atoms with Crippen molar-refractivity contribution in [2.24, 2.45) is 0 Å². The number of halogens is 1. The number of amides is 1. The fraction of sp³-hybridized carbons (Fsp3) is 0.417. The highest BCUT2D eigenvalue weighted by atomic mass is 35.5. The molecule has 0 radical (unpaired) electrons. The van der Waals surface area contributed by atoms with E-state index in [-0.39, 0.29) is 11.4 Å². The lowest BCUT2D eigenvalue weighted by Gasteiger charge is -2.24. The van der Waals surface area contributed by atoms with Crippen LogP contribution in [0.3, 0.4) is 0 Å². The topological polar surface area (TPSA) is 64.4 Å². The third kappa shape index (κ3) is 2.53. The zero-order chi connectivity index (χ0) is 12.5. The molecule has 3 N–H and O–H groups in total. The predicted octanol–water partition coefficient (Wildman–Crippen LogP) is 1.83. The minimum absolute atomic E-state index is 0.249. The molecular weight excluding hydrogens is 240 g/mol.